The average Bonchev–Trinajstić information content (AvgIpc) is 2.74. The summed E-state index contributed by atoms with van der Waals surface area (Å²) in [5.74, 6) is -0.722. The van der Waals surface area contributed by atoms with Gasteiger partial charge in [0.15, 0.2) is 6.61 Å². The number of carbonyl (C=O) groups excluding carboxylic acids is 2. The zero-order valence-electron chi connectivity index (χ0n) is 15.6. The highest BCUT2D eigenvalue weighted by Crippen LogP contribution is 2.35. The Morgan fingerprint density at radius 3 is 2.59 bits per heavy atom. The molecule has 0 spiro atoms. The molecule has 0 radical (unpaired) electrons. The summed E-state index contributed by atoms with van der Waals surface area (Å²) in [6.07, 6.45) is 0.692. The van der Waals surface area contributed by atoms with E-state index in [1.807, 2.05) is 30.3 Å². The molecule has 0 aromatic heterocycles. The number of nitrogens with one attached hydrogen (secondary N) is 1. The number of benzene rings is 3. The highest BCUT2D eigenvalue weighted by molar-refractivity contribution is 6.05. The lowest BCUT2D eigenvalue weighted by Crippen LogP contribution is -2.40. The predicted octanol–water partition coefficient (Wildman–Crippen LogP) is 4.05. The molecule has 4 rings (SSSR count). The third kappa shape index (κ3) is 4.11. The number of hydrogen-bond donors (Lipinski definition) is 1. The van der Waals surface area contributed by atoms with Gasteiger partial charge in [0.2, 0.25) is 0 Å². The smallest absolute Gasteiger partial charge is 0.265 e. The zero-order chi connectivity index (χ0) is 20.2. The summed E-state index contributed by atoms with van der Waals surface area (Å²) < 4.78 is 19.4. The van der Waals surface area contributed by atoms with E-state index in [2.05, 4.69) is 5.32 Å². The first-order valence-electron chi connectivity index (χ1n) is 9.29. The van der Waals surface area contributed by atoms with E-state index < -0.39 is 11.7 Å². The van der Waals surface area contributed by atoms with Gasteiger partial charge in [0, 0.05) is 12.2 Å². The number of carbonyl (C=O) groups is 2. The van der Waals surface area contributed by atoms with E-state index in [9.17, 15) is 14.0 Å². The van der Waals surface area contributed by atoms with Crippen molar-refractivity contribution in [1.82, 2.24) is 0 Å². The molecule has 5 nitrogen and oxygen atoms in total. The molecule has 6 heteroatoms. The fourth-order valence-electron chi connectivity index (χ4n) is 3.25. The van der Waals surface area contributed by atoms with Crippen LogP contribution >= 0.6 is 0 Å². The van der Waals surface area contributed by atoms with Gasteiger partial charge in [-0.25, -0.2) is 4.39 Å². The molecular weight excluding hydrogens is 371 g/mol. The Bertz CT molecular complexity index is 1050. The number of amides is 2. The van der Waals surface area contributed by atoms with Gasteiger partial charge in [-0.2, -0.15) is 0 Å². The van der Waals surface area contributed by atoms with Gasteiger partial charge in [0.1, 0.15) is 11.6 Å². The number of ether oxygens (including phenoxy) is 1. The van der Waals surface area contributed by atoms with Gasteiger partial charge in [-0.05, 0) is 42.3 Å². The van der Waals surface area contributed by atoms with Gasteiger partial charge in [0.25, 0.3) is 11.8 Å². The molecule has 2 amide bonds. The largest absolute Gasteiger partial charge is 0.482 e. The maximum absolute atomic E-state index is 13.9. The monoisotopic (exact) mass is 390 g/mol. The minimum atomic E-state index is -0.592. The quantitative estimate of drug-likeness (QED) is 0.715. The van der Waals surface area contributed by atoms with Crippen molar-refractivity contribution in [3.05, 3.63) is 89.7 Å². The Morgan fingerprint density at radius 2 is 1.79 bits per heavy atom. The Morgan fingerprint density at radius 1 is 1.03 bits per heavy atom. The lowest BCUT2D eigenvalue weighted by Gasteiger charge is -2.30. The maximum atomic E-state index is 13.9. The maximum Gasteiger partial charge on any atom is 0.265 e. The second-order valence-electron chi connectivity index (χ2n) is 6.69. The Hall–Kier alpha value is -3.67. The summed E-state index contributed by atoms with van der Waals surface area (Å²) in [4.78, 5) is 26.5. The average molecular weight is 390 g/mol. The molecule has 1 N–H and O–H groups in total. The molecule has 0 saturated heterocycles. The first-order chi connectivity index (χ1) is 14.1. The van der Waals surface area contributed by atoms with Gasteiger partial charge in [0.05, 0.1) is 11.3 Å². The number of hydrogen-bond acceptors (Lipinski definition) is 3. The van der Waals surface area contributed by atoms with E-state index in [0.29, 0.717) is 30.1 Å². The molecule has 1 heterocycles. The van der Waals surface area contributed by atoms with Crippen LogP contribution < -0.4 is 15.0 Å². The van der Waals surface area contributed by atoms with Gasteiger partial charge >= 0.3 is 0 Å². The van der Waals surface area contributed by atoms with Crippen molar-refractivity contribution in [3.63, 3.8) is 0 Å². The number of halogens is 1. The van der Waals surface area contributed by atoms with E-state index in [1.54, 1.807) is 29.2 Å². The van der Waals surface area contributed by atoms with Crippen LogP contribution in [0.2, 0.25) is 0 Å². The molecule has 0 unspecified atom stereocenters. The normalized spacial score (nSPS) is 12.9. The summed E-state index contributed by atoms with van der Waals surface area (Å²) in [6.45, 7) is 0.465. The van der Waals surface area contributed by atoms with Crippen molar-refractivity contribution in [2.45, 2.75) is 6.42 Å². The van der Waals surface area contributed by atoms with E-state index >= 15 is 0 Å². The first-order valence-corrected chi connectivity index (χ1v) is 9.29. The summed E-state index contributed by atoms with van der Waals surface area (Å²) in [7, 11) is 0. The van der Waals surface area contributed by atoms with Crippen molar-refractivity contribution >= 4 is 23.2 Å². The van der Waals surface area contributed by atoms with Crippen LogP contribution in [0.15, 0.2) is 72.8 Å². The van der Waals surface area contributed by atoms with Crippen LogP contribution in [0.5, 0.6) is 5.75 Å². The third-order valence-electron chi connectivity index (χ3n) is 4.75. The van der Waals surface area contributed by atoms with Crippen LogP contribution in [0.1, 0.15) is 15.9 Å². The molecule has 29 heavy (non-hydrogen) atoms. The lowest BCUT2D eigenvalue weighted by atomic mass is 10.1. The van der Waals surface area contributed by atoms with Crippen LogP contribution in [0.25, 0.3) is 0 Å². The molecule has 3 aromatic carbocycles. The summed E-state index contributed by atoms with van der Waals surface area (Å²) in [6, 6.07) is 20.7. The Balaban J connectivity index is 1.55. The molecule has 1 aliphatic rings. The summed E-state index contributed by atoms with van der Waals surface area (Å²) in [5.41, 5.74) is 2.12. The molecule has 0 saturated carbocycles. The highest BCUT2D eigenvalue weighted by Gasteiger charge is 2.26. The van der Waals surface area contributed by atoms with Gasteiger partial charge in [-0.1, -0.05) is 42.5 Å². The standard InChI is InChI=1S/C23H19FN2O3/c24-19-9-5-4-8-18(19)23(28)25-17-10-11-21-20(14-17)26(22(27)15-29-21)13-12-16-6-2-1-3-7-16/h1-11,14H,12-13,15H2,(H,25,28). The molecule has 0 bridgehead atoms. The Labute approximate surface area is 167 Å². The van der Waals surface area contributed by atoms with Crippen molar-refractivity contribution in [2.24, 2.45) is 0 Å². The highest BCUT2D eigenvalue weighted by atomic mass is 19.1. The van der Waals surface area contributed by atoms with Crippen molar-refractivity contribution in [1.29, 1.82) is 0 Å². The van der Waals surface area contributed by atoms with Gasteiger partial charge < -0.3 is 15.0 Å². The van der Waals surface area contributed by atoms with Crippen molar-refractivity contribution in [2.75, 3.05) is 23.4 Å². The van der Waals surface area contributed by atoms with Crippen molar-refractivity contribution < 1.29 is 18.7 Å². The van der Waals surface area contributed by atoms with Crippen LogP contribution in [-0.2, 0) is 11.2 Å². The lowest BCUT2D eigenvalue weighted by molar-refractivity contribution is -0.121. The third-order valence-corrected chi connectivity index (χ3v) is 4.75. The summed E-state index contributed by atoms with van der Waals surface area (Å²) >= 11 is 0. The fraction of sp³-hybridized carbons (Fsp3) is 0.130. The second-order valence-corrected chi connectivity index (χ2v) is 6.69. The van der Waals surface area contributed by atoms with E-state index in [0.717, 1.165) is 5.56 Å². The minimum Gasteiger partial charge on any atom is -0.482 e. The van der Waals surface area contributed by atoms with Gasteiger partial charge in [-0.3, -0.25) is 9.59 Å². The predicted molar refractivity (Wildman–Crippen MR) is 109 cm³/mol. The van der Waals surface area contributed by atoms with Crippen molar-refractivity contribution in [3.8, 4) is 5.75 Å². The molecular formula is C23H19FN2O3. The van der Waals surface area contributed by atoms with Crippen LogP contribution in [0.4, 0.5) is 15.8 Å². The molecule has 146 valence electrons. The molecule has 0 atom stereocenters. The van der Waals surface area contributed by atoms with Crippen LogP contribution in [0, 0.1) is 5.82 Å². The fourth-order valence-corrected chi connectivity index (χ4v) is 3.25. The van der Waals surface area contributed by atoms with Crippen LogP contribution in [0.3, 0.4) is 0 Å². The number of fused-ring (bicyclic) bond motifs is 1. The van der Waals surface area contributed by atoms with Gasteiger partial charge in [-0.15, -0.1) is 0 Å². The SMILES string of the molecule is O=C(Nc1ccc2c(c1)N(CCc1ccccc1)C(=O)CO2)c1ccccc1F. The second kappa shape index (κ2) is 8.14. The zero-order valence-corrected chi connectivity index (χ0v) is 15.6. The first kappa shape index (κ1) is 18.7. The Kier molecular flexibility index (Phi) is 5.24. The van der Waals surface area contributed by atoms with E-state index in [4.69, 9.17) is 4.74 Å². The minimum absolute atomic E-state index is 0.0251. The molecule has 1 aliphatic heterocycles. The number of nitrogens with zero attached hydrogens (tertiary/aromatic N) is 1. The number of rotatable bonds is 5. The summed E-state index contributed by atoms with van der Waals surface area (Å²) in [5, 5.41) is 2.69. The van der Waals surface area contributed by atoms with E-state index in [1.165, 1.54) is 18.2 Å². The molecule has 0 fully saturated rings. The van der Waals surface area contributed by atoms with Crippen LogP contribution in [-0.4, -0.2) is 25.0 Å². The van der Waals surface area contributed by atoms with E-state index in [-0.39, 0.29) is 18.1 Å². The number of anilines is 2. The molecule has 0 aliphatic carbocycles. The molecule has 3 aromatic rings. The topological polar surface area (TPSA) is 58.6 Å².